The molecule has 2 N–H and O–H groups in total. The number of halogens is 1. The molecule has 4 nitrogen and oxygen atoms in total. The zero-order chi connectivity index (χ0) is 13.1. The fourth-order valence-electron chi connectivity index (χ4n) is 1.67. The van der Waals surface area contributed by atoms with Gasteiger partial charge in [-0.25, -0.2) is 9.37 Å². The van der Waals surface area contributed by atoms with E-state index in [4.69, 9.17) is 10.5 Å². The van der Waals surface area contributed by atoms with Crippen molar-refractivity contribution in [3.63, 3.8) is 0 Å². The van der Waals surface area contributed by atoms with Crippen LogP contribution in [0.5, 0.6) is 5.75 Å². The molecular formula is C13H16FN3O. The van der Waals surface area contributed by atoms with Gasteiger partial charge in [-0.1, -0.05) is 0 Å². The van der Waals surface area contributed by atoms with Gasteiger partial charge in [-0.05, 0) is 18.6 Å². The van der Waals surface area contributed by atoms with E-state index in [9.17, 15) is 4.39 Å². The average Bonchev–Trinajstić information content (AvgIpc) is 2.72. The normalized spacial score (nSPS) is 10.6. The minimum absolute atomic E-state index is 0.232. The molecule has 1 heterocycles. The maximum absolute atomic E-state index is 13.5. The highest BCUT2D eigenvalue weighted by Gasteiger charge is 2.07. The van der Waals surface area contributed by atoms with E-state index in [2.05, 4.69) is 4.98 Å². The zero-order valence-electron chi connectivity index (χ0n) is 10.5. The number of aryl methyl sites for hydroxylation is 2. The molecule has 2 aromatic rings. The number of hydrogen-bond donors (Lipinski definition) is 1. The van der Waals surface area contributed by atoms with E-state index in [0.717, 1.165) is 11.4 Å². The average molecular weight is 249 g/mol. The van der Waals surface area contributed by atoms with E-state index in [1.54, 1.807) is 12.3 Å². The highest BCUT2D eigenvalue weighted by Crippen LogP contribution is 2.23. The quantitative estimate of drug-likeness (QED) is 0.844. The zero-order valence-corrected chi connectivity index (χ0v) is 10.5. The van der Waals surface area contributed by atoms with E-state index in [1.165, 1.54) is 6.07 Å². The standard InChI is InChI=1S/C13H16FN3O/c1-9-7-12(10(14)8-11(9)15)18-6-3-13-16-4-5-17(13)2/h4-5,7-8H,3,6,15H2,1-2H3. The summed E-state index contributed by atoms with van der Waals surface area (Å²) in [5.74, 6) is 0.705. The van der Waals surface area contributed by atoms with Crippen LogP contribution in [0.4, 0.5) is 10.1 Å². The Hall–Kier alpha value is -2.04. The number of benzene rings is 1. The SMILES string of the molecule is Cc1cc(OCCc2nccn2C)c(F)cc1N. The molecule has 0 aliphatic rings. The number of ether oxygens (including phenoxy) is 1. The van der Waals surface area contributed by atoms with Crippen LogP contribution in [0, 0.1) is 12.7 Å². The van der Waals surface area contributed by atoms with Crippen molar-refractivity contribution in [1.29, 1.82) is 0 Å². The molecule has 0 atom stereocenters. The van der Waals surface area contributed by atoms with Crippen molar-refractivity contribution in [1.82, 2.24) is 9.55 Å². The van der Waals surface area contributed by atoms with Gasteiger partial charge in [-0.15, -0.1) is 0 Å². The number of nitrogens with zero attached hydrogens (tertiary/aromatic N) is 2. The maximum Gasteiger partial charge on any atom is 0.167 e. The first-order valence-electron chi connectivity index (χ1n) is 5.72. The van der Waals surface area contributed by atoms with Crippen LogP contribution in [0.25, 0.3) is 0 Å². The number of aromatic nitrogens is 2. The molecule has 1 aromatic carbocycles. The summed E-state index contributed by atoms with van der Waals surface area (Å²) in [6.07, 6.45) is 4.22. The Balaban J connectivity index is 1.99. The van der Waals surface area contributed by atoms with Crippen LogP contribution in [0.3, 0.4) is 0 Å². The third-order valence-electron chi connectivity index (χ3n) is 2.82. The largest absolute Gasteiger partial charge is 0.490 e. The molecule has 0 amide bonds. The highest BCUT2D eigenvalue weighted by atomic mass is 19.1. The summed E-state index contributed by atoms with van der Waals surface area (Å²) in [4.78, 5) is 4.17. The van der Waals surface area contributed by atoms with Gasteiger partial charge in [0.05, 0.1) is 6.61 Å². The fourth-order valence-corrected chi connectivity index (χ4v) is 1.67. The summed E-state index contributed by atoms with van der Waals surface area (Å²) in [6.45, 7) is 2.20. The lowest BCUT2D eigenvalue weighted by Gasteiger charge is -2.09. The maximum atomic E-state index is 13.5. The van der Waals surface area contributed by atoms with Gasteiger partial charge in [0.15, 0.2) is 11.6 Å². The predicted molar refractivity (Wildman–Crippen MR) is 68.0 cm³/mol. The molecule has 0 radical (unpaired) electrons. The molecule has 0 spiro atoms. The van der Waals surface area contributed by atoms with Gasteiger partial charge in [-0.2, -0.15) is 0 Å². The topological polar surface area (TPSA) is 53.1 Å². The van der Waals surface area contributed by atoms with Crippen molar-refractivity contribution in [2.75, 3.05) is 12.3 Å². The van der Waals surface area contributed by atoms with Crippen LogP contribution < -0.4 is 10.5 Å². The molecule has 0 aliphatic carbocycles. The van der Waals surface area contributed by atoms with Gasteiger partial charge >= 0.3 is 0 Å². The van der Waals surface area contributed by atoms with E-state index >= 15 is 0 Å². The Morgan fingerprint density at radius 2 is 2.22 bits per heavy atom. The van der Waals surface area contributed by atoms with E-state index in [1.807, 2.05) is 24.7 Å². The number of anilines is 1. The second kappa shape index (κ2) is 5.08. The van der Waals surface area contributed by atoms with Crippen LogP contribution in [-0.4, -0.2) is 16.2 Å². The number of hydrogen-bond acceptors (Lipinski definition) is 3. The first kappa shape index (κ1) is 12.4. The fraction of sp³-hybridized carbons (Fsp3) is 0.308. The molecule has 2 rings (SSSR count). The van der Waals surface area contributed by atoms with Crippen molar-refractivity contribution in [3.05, 3.63) is 41.7 Å². The van der Waals surface area contributed by atoms with Crippen LogP contribution in [0.15, 0.2) is 24.5 Å². The number of imidazole rings is 1. The molecule has 96 valence electrons. The second-order valence-electron chi connectivity index (χ2n) is 4.19. The molecule has 1 aromatic heterocycles. The number of rotatable bonds is 4. The van der Waals surface area contributed by atoms with Gasteiger partial charge in [0.2, 0.25) is 0 Å². The van der Waals surface area contributed by atoms with Gasteiger partial charge < -0.3 is 15.0 Å². The lowest BCUT2D eigenvalue weighted by molar-refractivity contribution is 0.301. The third-order valence-corrected chi connectivity index (χ3v) is 2.82. The van der Waals surface area contributed by atoms with Gasteiger partial charge in [0.1, 0.15) is 5.82 Å². The van der Waals surface area contributed by atoms with Crippen molar-refractivity contribution in [3.8, 4) is 5.75 Å². The van der Waals surface area contributed by atoms with Crippen molar-refractivity contribution in [2.45, 2.75) is 13.3 Å². The monoisotopic (exact) mass is 249 g/mol. The van der Waals surface area contributed by atoms with Crippen LogP contribution in [-0.2, 0) is 13.5 Å². The highest BCUT2D eigenvalue weighted by molar-refractivity contribution is 5.50. The smallest absolute Gasteiger partial charge is 0.167 e. The number of nitrogens with two attached hydrogens (primary N) is 1. The van der Waals surface area contributed by atoms with Crippen LogP contribution >= 0.6 is 0 Å². The molecule has 0 aliphatic heterocycles. The van der Waals surface area contributed by atoms with E-state index in [-0.39, 0.29) is 5.75 Å². The molecule has 5 heteroatoms. The molecule has 0 saturated heterocycles. The summed E-state index contributed by atoms with van der Waals surface area (Å²) >= 11 is 0. The van der Waals surface area contributed by atoms with Gasteiger partial charge in [-0.3, -0.25) is 0 Å². The molecule has 0 bridgehead atoms. The predicted octanol–water partition coefficient (Wildman–Crippen LogP) is 2.07. The summed E-state index contributed by atoms with van der Waals surface area (Å²) in [5.41, 5.74) is 6.85. The molecule has 18 heavy (non-hydrogen) atoms. The van der Waals surface area contributed by atoms with Crippen molar-refractivity contribution < 1.29 is 9.13 Å². The van der Waals surface area contributed by atoms with Crippen molar-refractivity contribution >= 4 is 5.69 Å². The Morgan fingerprint density at radius 1 is 1.44 bits per heavy atom. The van der Waals surface area contributed by atoms with E-state index < -0.39 is 5.82 Å². The van der Waals surface area contributed by atoms with E-state index in [0.29, 0.717) is 18.7 Å². The minimum atomic E-state index is -0.432. The first-order valence-corrected chi connectivity index (χ1v) is 5.72. The molecule has 0 saturated carbocycles. The molecule has 0 unspecified atom stereocenters. The third kappa shape index (κ3) is 2.61. The summed E-state index contributed by atoms with van der Waals surface area (Å²) < 4.78 is 20.9. The molecule has 0 fully saturated rings. The Labute approximate surface area is 105 Å². The number of nitrogen functional groups attached to an aromatic ring is 1. The second-order valence-corrected chi connectivity index (χ2v) is 4.19. The van der Waals surface area contributed by atoms with Gasteiger partial charge in [0, 0.05) is 37.6 Å². The minimum Gasteiger partial charge on any atom is -0.490 e. The molecular weight excluding hydrogens is 233 g/mol. The summed E-state index contributed by atoms with van der Waals surface area (Å²) in [6, 6.07) is 2.90. The lowest BCUT2D eigenvalue weighted by Crippen LogP contribution is -2.07. The Bertz CT molecular complexity index is 551. The van der Waals surface area contributed by atoms with Crippen LogP contribution in [0.2, 0.25) is 0 Å². The summed E-state index contributed by atoms with van der Waals surface area (Å²) in [7, 11) is 1.91. The Kier molecular flexibility index (Phi) is 3.50. The first-order chi connectivity index (χ1) is 8.58. The Morgan fingerprint density at radius 3 is 2.89 bits per heavy atom. The van der Waals surface area contributed by atoms with Crippen molar-refractivity contribution in [2.24, 2.45) is 7.05 Å². The lowest BCUT2D eigenvalue weighted by atomic mass is 10.2. The van der Waals surface area contributed by atoms with Crippen LogP contribution in [0.1, 0.15) is 11.4 Å². The summed E-state index contributed by atoms with van der Waals surface area (Å²) in [5, 5.41) is 0. The van der Waals surface area contributed by atoms with Gasteiger partial charge in [0.25, 0.3) is 0 Å².